The molecule has 2 atom stereocenters. The first kappa shape index (κ1) is 16.6. The first-order chi connectivity index (χ1) is 8.24. The Labute approximate surface area is 105 Å². The quantitative estimate of drug-likeness (QED) is 0.469. The largest absolute Gasteiger partial charge is 0.481 e. The zero-order valence-corrected chi connectivity index (χ0v) is 10.7. The van der Waals surface area contributed by atoms with Gasteiger partial charge >= 0.3 is 11.9 Å². The Balaban J connectivity index is 5.00. The molecule has 0 fully saturated rings. The van der Waals surface area contributed by atoms with Crippen LogP contribution in [0.4, 0.5) is 0 Å². The van der Waals surface area contributed by atoms with E-state index < -0.39 is 39.8 Å². The molecule has 0 saturated carbocycles. The molecule has 0 bridgehead atoms. The van der Waals surface area contributed by atoms with Gasteiger partial charge in [-0.1, -0.05) is 19.4 Å². The van der Waals surface area contributed by atoms with Crippen LogP contribution in [-0.2, 0) is 23.9 Å². The lowest BCUT2D eigenvalue weighted by molar-refractivity contribution is -0.143. The fourth-order valence-corrected chi connectivity index (χ4v) is 2.45. The number of carboxylic acids is 2. The first-order valence-electron chi connectivity index (χ1n) is 5.23. The highest BCUT2D eigenvalue weighted by Gasteiger charge is 2.37. The summed E-state index contributed by atoms with van der Waals surface area (Å²) in [6.45, 7) is 5.17. The molecule has 7 nitrogen and oxygen atoms in total. The highest BCUT2D eigenvalue weighted by Crippen LogP contribution is 2.15. The summed E-state index contributed by atoms with van der Waals surface area (Å²) in [4.78, 5) is 21.2. The number of carbonyl (C=O) groups is 2. The maximum Gasteiger partial charge on any atom is 0.325 e. The molecule has 18 heavy (non-hydrogen) atoms. The van der Waals surface area contributed by atoms with Crippen LogP contribution in [0.3, 0.4) is 0 Å². The van der Waals surface area contributed by atoms with Gasteiger partial charge in [-0.15, -0.1) is 6.58 Å². The van der Waals surface area contributed by atoms with Crippen molar-refractivity contribution in [3.8, 4) is 0 Å². The second kappa shape index (κ2) is 7.12. The lowest BCUT2D eigenvalue weighted by atomic mass is 10.2. The smallest absolute Gasteiger partial charge is 0.325 e. The van der Waals surface area contributed by atoms with Gasteiger partial charge in [0.05, 0.1) is 12.5 Å². The summed E-state index contributed by atoms with van der Waals surface area (Å²) in [5, 5.41) is 15.1. The number of carboxylic acid groups (broad SMARTS) is 2. The molecular weight excluding hydrogens is 264 g/mol. The third kappa shape index (κ3) is 5.28. The lowest BCUT2D eigenvalue weighted by Gasteiger charge is -2.16. The van der Waals surface area contributed by atoms with E-state index in [0.29, 0.717) is 12.8 Å². The van der Waals surface area contributed by atoms with Gasteiger partial charge in [0.1, 0.15) is 0 Å². The van der Waals surface area contributed by atoms with Crippen molar-refractivity contribution in [2.45, 2.75) is 37.5 Å². The molecule has 0 spiro atoms. The van der Waals surface area contributed by atoms with Gasteiger partial charge in [-0.2, -0.15) is 8.42 Å². The molecule has 0 aromatic carbocycles. The van der Waals surface area contributed by atoms with E-state index in [4.69, 9.17) is 10.2 Å². The Morgan fingerprint density at radius 2 is 1.94 bits per heavy atom. The molecule has 0 saturated heterocycles. The maximum atomic E-state index is 11.6. The summed E-state index contributed by atoms with van der Waals surface area (Å²) in [6, 6.07) is 0. The van der Waals surface area contributed by atoms with Crippen LogP contribution >= 0.6 is 0 Å². The van der Waals surface area contributed by atoms with Gasteiger partial charge in [0.25, 0.3) is 10.1 Å². The van der Waals surface area contributed by atoms with Crippen molar-refractivity contribution in [2.24, 2.45) is 0 Å². The molecule has 0 aliphatic carbocycles. The molecule has 0 aromatic heterocycles. The standard InChI is InChI=1S/C10H16O7S/c1-3-5-7(4-2)17-18(15,16)8(10(13)14)6-9(11)12/h4,7-8H,2-3,5-6H2,1H3,(H,11,12)(H,13,14). The average molecular weight is 280 g/mol. The van der Waals surface area contributed by atoms with Crippen LogP contribution in [0.15, 0.2) is 12.7 Å². The summed E-state index contributed by atoms with van der Waals surface area (Å²) in [5.41, 5.74) is 0. The Bertz CT molecular complexity index is 412. The van der Waals surface area contributed by atoms with E-state index in [1.54, 1.807) is 6.92 Å². The predicted molar refractivity (Wildman–Crippen MR) is 62.6 cm³/mol. The van der Waals surface area contributed by atoms with Crippen molar-refractivity contribution in [1.82, 2.24) is 0 Å². The van der Waals surface area contributed by atoms with Crippen LogP contribution in [0, 0.1) is 0 Å². The van der Waals surface area contributed by atoms with Gasteiger partial charge in [0.15, 0.2) is 5.25 Å². The molecule has 0 radical (unpaired) electrons. The molecule has 8 heteroatoms. The Kier molecular flexibility index (Phi) is 6.56. The number of rotatable bonds is 9. The van der Waals surface area contributed by atoms with Crippen LogP contribution in [0.5, 0.6) is 0 Å². The predicted octanol–water partition coefficient (Wildman–Crippen LogP) is 0.615. The number of hydrogen-bond acceptors (Lipinski definition) is 5. The van der Waals surface area contributed by atoms with Crippen molar-refractivity contribution in [2.75, 3.05) is 0 Å². The van der Waals surface area contributed by atoms with E-state index in [9.17, 15) is 18.0 Å². The van der Waals surface area contributed by atoms with Crippen molar-refractivity contribution in [3.05, 3.63) is 12.7 Å². The molecule has 0 aliphatic rings. The fraction of sp³-hybridized carbons (Fsp3) is 0.600. The molecular formula is C10H16O7S. The molecule has 2 unspecified atom stereocenters. The highest BCUT2D eigenvalue weighted by molar-refractivity contribution is 7.88. The molecule has 2 N–H and O–H groups in total. The Morgan fingerprint density at radius 1 is 1.39 bits per heavy atom. The van der Waals surface area contributed by atoms with E-state index >= 15 is 0 Å². The molecule has 0 amide bonds. The maximum absolute atomic E-state index is 11.6. The molecule has 0 aromatic rings. The SMILES string of the molecule is C=CC(CCC)OS(=O)(=O)C(CC(=O)O)C(=O)O. The van der Waals surface area contributed by atoms with Crippen LogP contribution < -0.4 is 0 Å². The second-order valence-corrected chi connectivity index (χ2v) is 5.32. The lowest BCUT2D eigenvalue weighted by Crippen LogP contribution is -2.35. The molecule has 0 aliphatic heterocycles. The average Bonchev–Trinajstić information content (AvgIpc) is 2.24. The first-order valence-corrected chi connectivity index (χ1v) is 6.71. The van der Waals surface area contributed by atoms with Gasteiger partial charge < -0.3 is 10.2 Å². The molecule has 104 valence electrons. The van der Waals surface area contributed by atoms with E-state index in [1.165, 1.54) is 6.08 Å². The van der Waals surface area contributed by atoms with Crippen LogP contribution in [-0.4, -0.2) is 41.9 Å². The van der Waals surface area contributed by atoms with Gasteiger partial charge in [0, 0.05) is 0 Å². The summed E-state index contributed by atoms with van der Waals surface area (Å²) in [5.74, 6) is -3.28. The third-order valence-corrected chi connectivity index (χ3v) is 3.66. The Hall–Kier alpha value is -1.41. The van der Waals surface area contributed by atoms with E-state index in [0.717, 1.165) is 0 Å². The highest BCUT2D eigenvalue weighted by atomic mass is 32.2. The summed E-state index contributed by atoms with van der Waals surface area (Å²) < 4.78 is 27.9. The topological polar surface area (TPSA) is 118 Å². The van der Waals surface area contributed by atoms with Gasteiger partial charge in [-0.05, 0) is 6.42 Å². The van der Waals surface area contributed by atoms with Crippen LogP contribution in [0.25, 0.3) is 0 Å². The normalized spacial score (nSPS) is 14.7. The van der Waals surface area contributed by atoms with Crippen molar-refractivity contribution >= 4 is 22.1 Å². The summed E-state index contributed by atoms with van der Waals surface area (Å²) in [7, 11) is -4.50. The van der Waals surface area contributed by atoms with Crippen LogP contribution in [0.2, 0.25) is 0 Å². The van der Waals surface area contributed by atoms with Crippen molar-refractivity contribution in [3.63, 3.8) is 0 Å². The summed E-state index contributed by atoms with van der Waals surface area (Å²) >= 11 is 0. The Morgan fingerprint density at radius 3 is 2.28 bits per heavy atom. The summed E-state index contributed by atoms with van der Waals surface area (Å²) in [6.07, 6.45) is 0.301. The van der Waals surface area contributed by atoms with E-state index in [1.807, 2.05) is 0 Å². The number of aliphatic carboxylic acids is 2. The van der Waals surface area contributed by atoms with Crippen molar-refractivity contribution < 1.29 is 32.4 Å². The van der Waals surface area contributed by atoms with E-state index in [2.05, 4.69) is 10.8 Å². The van der Waals surface area contributed by atoms with Crippen LogP contribution in [0.1, 0.15) is 26.2 Å². The second-order valence-electron chi connectivity index (χ2n) is 3.58. The molecule has 0 rings (SSSR count). The van der Waals surface area contributed by atoms with Crippen molar-refractivity contribution in [1.29, 1.82) is 0 Å². The zero-order chi connectivity index (χ0) is 14.3. The van der Waals surface area contributed by atoms with E-state index in [-0.39, 0.29) is 0 Å². The van der Waals surface area contributed by atoms with Gasteiger partial charge in [-0.3, -0.25) is 13.8 Å². The minimum absolute atomic E-state index is 0.349. The minimum Gasteiger partial charge on any atom is -0.481 e. The third-order valence-electron chi connectivity index (χ3n) is 2.08. The van der Waals surface area contributed by atoms with Gasteiger partial charge in [0.2, 0.25) is 0 Å². The number of hydrogen-bond donors (Lipinski definition) is 2. The minimum atomic E-state index is -4.50. The molecule has 0 heterocycles. The van der Waals surface area contributed by atoms with Gasteiger partial charge in [-0.25, -0.2) is 0 Å². The monoisotopic (exact) mass is 280 g/mol. The fourth-order valence-electron chi connectivity index (χ4n) is 1.20. The zero-order valence-electron chi connectivity index (χ0n) is 9.90.